The molecule has 4 aromatic rings. The third-order valence-corrected chi connectivity index (χ3v) is 7.63. The van der Waals surface area contributed by atoms with Crippen molar-refractivity contribution in [3.8, 4) is 28.8 Å². The van der Waals surface area contributed by atoms with E-state index in [1.807, 2.05) is 25.1 Å². The molecule has 0 aliphatic carbocycles. The lowest BCUT2D eigenvalue weighted by Gasteiger charge is -2.49. The Labute approximate surface area is 243 Å². The first-order valence-corrected chi connectivity index (χ1v) is 13.8. The van der Waals surface area contributed by atoms with Gasteiger partial charge in [0.05, 0.1) is 33.8 Å². The molecule has 9 nitrogen and oxygen atoms in total. The number of H-pyrrole nitrogens is 1. The number of hydrogen-bond acceptors (Lipinski definition) is 8. The van der Waals surface area contributed by atoms with Crippen molar-refractivity contribution in [2.75, 3.05) is 31.6 Å². The van der Waals surface area contributed by atoms with E-state index in [0.717, 1.165) is 36.1 Å². The number of ether oxygens (including phenoxy) is 2. The van der Waals surface area contributed by atoms with E-state index >= 15 is 0 Å². The molecule has 0 spiro atoms. The summed E-state index contributed by atoms with van der Waals surface area (Å²) in [6.45, 7) is 11.0. The maximum atomic E-state index is 9.97. The quantitative estimate of drug-likeness (QED) is 0.242. The van der Waals surface area contributed by atoms with Gasteiger partial charge in [-0.2, -0.15) is 10.4 Å². The topological polar surface area (TPSA) is 112 Å². The van der Waals surface area contributed by atoms with Gasteiger partial charge in [0.25, 0.3) is 0 Å². The molecule has 2 N–H and O–H groups in total. The van der Waals surface area contributed by atoms with E-state index in [2.05, 4.69) is 57.2 Å². The fourth-order valence-electron chi connectivity index (χ4n) is 4.99. The van der Waals surface area contributed by atoms with Crippen LogP contribution >= 0.6 is 23.2 Å². The number of hydrogen-bond donors (Lipinski definition) is 2. The van der Waals surface area contributed by atoms with Gasteiger partial charge in [-0.15, -0.1) is 0 Å². The van der Waals surface area contributed by atoms with Crippen molar-refractivity contribution < 1.29 is 9.47 Å². The van der Waals surface area contributed by atoms with Gasteiger partial charge in [-0.3, -0.25) is 10.1 Å². The second-order valence-corrected chi connectivity index (χ2v) is 11.6. The maximum absolute atomic E-state index is 9.97. The summed E-state index contributed by atoms with van der Waals surface area (Å²) in [7, 11) is 1.57. The molecular formula is C29H31Cl2N7O2. The van der Waals surface area contributed by atoms with Crippen molar-refractivity contribution in [3.05, 3.63) is 58.0 Å². The Hall–Kier alpha value is -3.58. The molecule has 1 atom stereocenters. The first-order valence-electron chi connectivity index (χ1n) is 13.0. The molecule has 1 aliphatic heterocycles. The highest BCUT2D eigenvalue weighted by atomic mass is 35.5. The Morgan fingerprint density at radius 3 is 2.50 bits per heavy atom. The summed E-state index contributed by atoms with van der Waals surface area (Å²) >= 11 is 12.7. The molecule has 0 radical (unpaired) electrons. The Kier molecular flexibility index (Phi) is 7.78. The van der Waals surface area contributed by atoms with Gasteiger partial charge in [-0.05, 0) is 38.4 Å². The van der Waals surface area contributed by atoms with Crippen molar-refractivity contribution in [2.24, 2.45) is 5.92 Å². The Morgan fingerprint density at radius 1 is 1.12 bits per heavy atom. The Bertz CT molecular complexity index is 1570. The third-order valence-electron chi connectivity index (χ3n) is 7.02. The van der Waals surface area contributed by atoms with Crippen molar-refractivity contribution in [2.45, 2.75) is 39.3 Å². The number of benzene rings is 1. The summed E-state index contributed by atoms with van der Waals surface area (Å²) < 4.78 is 11.9. The lowest BCUT2D eigenvalue weighted by Crippen LogP contribution is -2.68. The van der Waals surface area contributed by atoms with Crippen LogP contribution in [0.25, 0.3) is 22.2 Å². The average molecular weight is 581 g/mol. The standard InChI is InChI=1S/C29H31Cl2N7O2/c1-16(2)10-35-29(4)14-38(15-29)28-18(9-32)6-19(11-34-28)27-20-7-25(24(39-5)8-23(20)36-37-27)40-17(3)26-21(30)12-33-13-22(26)31/h6-8,11-13,16-17,35H,10,14-15H2,1-5H3,(H,36,37)/t17-/m1/s1. The minimum atomic E-state index is -0.479. The summed E-state index contributed by atoms with van der Waals surface area (Å²) in [5, 5.41) is 22.8. The molecular weight excluding hydrogens is 549 g/mol. The molecule has 1 fully saturated rings. The number of aromatic amines is 1. The zero-order chi connectivity index (χ0) is 28.6. The van der Waals surface area contributed by atoms with E-state index in [4.69, 9.17) is 32.7 Å². The van der Waals surface area contributed by atoms with Crippen LogP contribution in [-0.2, 0) is 0 Å². The van der Waals surface area contributed by atoms with E-state index in [9.17, 15) is 5.26 Å². The van der Waals surface area contributed by atoms with Crippen LogP contribution in [0.2, 0.25) is 10.0 Å². The fraction of sp³-hybridized carbons (Fsp3) is 0.379. The molecule has 40 heavy (non-hydrogen) atoms. The van der Waals surface area contributed by atoms with Crippen LogP contribution in [-0.4, -0.2) is 52.4 Å². The molecule has 0 bridgehead atoms. The number of rotatable bonds is 9. The van der Waals surface area contributed by atoms with Crippen molar-refractivity contribution in [1.82, 2.24) is 25.5 Å². The van der Waals surface area contributed by atoms with Gasteiger partial charge in [0, 0.05) is 54.3 Å². The van der Waals surface area contributed by atoms with Gasteiger partial charge in [0.15, 0.2) is 11.5 Å². The van der Waals surface area contributed by atoms with E-state index in [-0.39, 0.29) is 5.54 Å². The van der Waals surface area contributed by atoms with E-state index in [1.165, 1.54) is 12.4 Å². The number of nitriles is 1. The summed E-state index contributed by atoms with van der Waals surface area (Å²) in [6.07, 6.45) is 4.34. The number of methoxy groups -OCH3 is 1. The lowest BCUT2D eigenvalue weighted by molar-refractivity contribution is 0.216. The molecule has 1 aromatic carbocycles. The number of pyridine rings is 2. The van der Waals surface area contributed by atoms with Crippen molar-refractivity contribution >= 4 is 39.9 Å². The van der Waals surface area contributed by atoms with Crippen LogP contribution in [0, 0.1) is 17.2 Å². The first-order chi connectivity index (χ1) is 19.1. The lowest BCUT2D eigenvalue weighted by atomic mass is 9.91. The maximum Gasteiger partial charge on any atom is 0.162 e. The number of halogens is 2. The smallest absolute Gasteiger partial charge is 0.162 e. The van der Waals surface area contributed by atoms with Crippen LogP contribution in [0.5, 0.6) is 11.5 Å². The van der Waals surface area contributed by atoms with E-state index < -0.39 is 6.10 Å². The van der Waals surface area contributed by atoms with Gasteiger partial charge in [0.1, 0.15) is 23.7 Å². The molecule has 0 unspecified atom stereocenters. The Balaban J connectivity index is 1.44. The predicted molar refractivity (Wildman–Crippen MR) is 157 cm³/mol. The van der Waals surface area contributed by atoms with E-state index in [1.54, 1.807) is 13.3 Å². The van der Waals surface area contributed by atoms with Crippen LogP contribution in [0.3, 0.4) is 0 Å². The van der Waals surface area contributed by atoms with Crippen molar-refractivity contribution in [1.29, 1.82) is 5.26 Å². The summed E-state index contributed by atoms with van der Waals surface area (Å²) in [6, 6.07) is 7.83. The monoisotopic (exact) mass is 579 g/mol. The number of anilines is 1. The van der Waals surface area contributed by atoms with Gasteiger partial charge in [-0.25, -0.2) is 4.98 Å². The molecule has 208 valence electrons. The average Bonchev–Trinajstić information content (AvgIpc) is 3.32. The normalized spacial score (nSPS) is 15.1. The molecule has 3 aromatic heterocycles. The number of fused-ring (bicyclic) bond motifs is 1. The Morgan fingerprint density at radius 2 is 1.85 bits per heavy atom. The highest BCUT2D eigenvalue weighted by molar-refractivity contribution is 6.35. The van der Waals surface area contributed by atoms with Crippen LogP contribution in [0.4, 0.5) is 5.82 Å². The highest BCUT2D eigenvalue weighted by Crippen LogP contribution is 2.40. The molecule has 0 saturated carbocycles. The zero-order valence-electron chi connectivity index (χ0n) is 23.0. The minimum absolute atomic E-state index is 0.00700. The SMILES string of the molecule is COc1cc2[nH]nc(-c3cnc(N4CC(C)(NCC(C)C)C4)c(C#N)c3)c2cc1O[C@H](C)c1c(Cl)cncc1Cl. The third kappa shape index (κ3) is 5.39. The number of nitrogens with zero attached hydrogens (tertiary/aromatic N) is 5. The molecule has 4 heterocycles. The molecule has 1 aliphatic rings. The van der Waals surface area contributed by atoms with Gasteiger partial charge in [-0.1, -0.05) is 37.0 Å². The molecule has 5 rings (SSSR count). The number of nitrogens with one attached hydrogen (secondary N) is 2. The number of aromatic nitrogens is 4. The van der Waals surface area contributed by atoms with Crippen LogP contribution in [0.1, 0.15) is 44.9 Å². The van der Waals surface area contributed by atoms with Gasteiger partial charge < -0.3 is 19.7 Å². The molecule has 0 amide bonds. The summed E-state index contributed by atoms with van der Waals surface area (Å²) in [4.78, 5) is 10.8. The van der Waals surface area contributed by atoms with Gasteiger partial charge in [0.2, 0.25) is 0 Å². The largest absolute Gasteiger partial charge is 0.493 e. The van der Waals surface area contributed by atoms with Crippen LogP contribution < -0.4 is 19.7 Å². The molecule has 11 heteroatoms. The van der Waals surface area contributed by atoms with Crippen LogP contribution in [0.15, 0.2) is 36.8 Å². The first kappa shape index (κ1) is 28.0. The highest BCUT2D eigenvalue weighted by Gasteiger charge is 2.40. The minimum Gasteiger partial charge on any atom is -0.493 e. The summed E-state index contributed by atoms with van der Waals surface area (Å²) in [5.74, 6) is 2.27. The van der Waals surface area contributed by atoms with Crippen molar-refractivity contribution in [3.63, 3.8) is 0 Å². The van der Waals surface area contributed by atoms with E-state index in [0.29, 0.717) is 50.1 Å². The molecule has 1 saturated heterocycles. The predicted octanol–water partition coefficient (Wildman–Crippen LogP) is 6.17. The zero-order valence-corrected chi connectivity index (χ0v) is 24.6. The second kappa shape index (κ2) is 11.1. The van der Waals surface area contributed by atoms with Gasteiger partial charge >= 0.3 is 0 Å². The fourth-order valence-corrected chi connectivity index (χ4v) is 5.66. The second-order valence-electron chi connectivity index (χ2n) is 10.8. The summed E-state index contributed by atoms with van der Waals surface area (Å²) in [5.41, 5.74) is 3.26.